The number of ether oxygens (including phenoxy) is 1. The highest BCUT2D eigenvalue weighted by molar-refractivity contribution is 5.99. The summed E-state index contributed by atoms with van der Waals surface area (Å²) in [6, 6.07) is 11.7. The van der Waals surface area contributed by atoms with Crippen LogP contribution in [-0.2, 0) is 0 Å². The first kappa shape index (κ1) is 21.1. The van der Waals surface area contributed by atoms with Crippen molar-refractivity contribution in [2.45, 2.75) is 32.7 Å². The van der Waals surface area contributed by atoms with E-state index in [2.05, 4.69) is 10.6 Å². The van der Waals surface area contributed by atoms with Crippen LogP contribution >= 0.6 is 0 Å². The van der Waals surface area contributed by atoms with E-state index in [-0.39, 0.29) is 18.0 Å². The summed E-state index contributed by atoms with van der Waals surface area (Å²) in [6.07, 6.45) is 1.70. The second-order valence-corrected chi connectivity index (χ2v) is 6.69. The number of carbonyl (C=O) groups excluding carboxylic acids is 2. The lowest BCUT2D eigenvalue weighted by Gasteiger charge is -2.18. The van der Waals surface area contributed by atoms with Crippen LogP contribution in [0.3, 0.4) is 0 Å². The molecule has 7 nitrogen and oxygen atoms in total. The van der Waals surface area contributed by atoms with Gasteiger partial charge in [-0.25, -0.2) is 4.79 Å². The zero-order valence-corrected chi connectivity index (χ0v) is 16.8. The third-order valence-corrected chi connectivity index (χ3v) is 4.30. The molecule has 150 valence electrons. The van der Waals surface area contributed by atoms with Gasteiger partial charge in [-0.1, -0.05) is 13.8 Å². The van der Waals surface area contributed by atoms with Gasteiger partial charge in [0.25, 0.3) is 5.91 Å². The number of nitrogens with zero attached hydrogens (tertiary/aromatic N) is 1. The Bertz CT molecular complexity index is 815. The van der Waals surface area contributed by atoms with Crippen molar-refractivity contribution in [2.24, 2.45) is 0 Å². The third kappa shape index (κ3) is 5.64. The monoisotopic (exact) mass is 384 g/mol. The summed E-state index contributed by atoms with van der Waals surface area (Å²) in [6.45, 7) is 4.04. The minimum atomic E-state index is -0.302. The van der Waals surface area contributed by atoms with E-state index in [1.807, 2.05) is 13.8 Å². The van der Waals surface area contributed by atoms with Crippen molar-refractivity contribution in [3.8, 4) is 11.5 Å². The molecule has 2 rings (SSSR count). The fraction of sp³-hybridized carbons (Fsp3) is 0.333. The van der Waals surface area contributed by atoms with E-state index in [1.165, 1.54) is 4.90 Å². The average Bonchev–Trinajstić information content (AvgIpc) is 2.68. The Morgan fingerprint density at radius 2 is 1.71 bits per heavy atom. The second-order valence-electron chi connectivity index (χ2n) is 6.69. The molecule has 2 aromatic rings. The summed E-state index contributed by atoms with van der Waals surface area (Å²) < 4.78 is 5.86. The highest BCUT2D eigenvalue weighted by atomic mass is 16.5. The zero-order chi connectivity index (χ0) is 20.7. The lowest BCUT2D eigenvalue weighted by Crippen LogP contribution is -2.37. The van der Waals surface area contributed by atoms with Gasteiger partial charge in [0.05, 0.1) is 5.56 Å². The van der Waals surface area contributed by atoms with Crippen LogP contribution in [0.25, 0.3) is 0 Å². The van der Waals surface area contributed by atoms with Crippen LogP contribution in [0.2, 0.25) is 0 Å². The number of amides is 3. The summed E-state index contributed by atoms with van der Waals surface area (Å²) >= 11 is 0. The molecule has 0 saturated heterocycles. The van der Waals surface area contributed by atoms with Gasteiger partial charge in [-0.2, -0.15) is 0 Å². The fourth-order valence-electron chi connectivity index (χ4n) is 2.61. The van der Waals surface area contributed by atoms with Crippen LogP contribution in [-0.4, -0.2) is 37.0 Å². The quantitative estimate of drug-likeness (QED) is 0.627. The normalized spacial score (nSPS) is 10.5. The van der Waals surface area contributed by atoms with Crippen molar-refractivity contribution < 1.29 is 14.3 Å². The first-order valence-electron chi connectivity index (χ1n) is 9.30. The molecule has 0 aliphatic rings. The Kier molecular flexibility index (Phi) is 7.26. The van der Waals surface area contributed by atoms with Gasteiger partial charge in [0.1, 0.15) is 11.5 Å². The third-order valence-electron chi connectivity index (χ3n) is 4.30. The Labute approximate surface area is 165 Å². The van der Waals surface area contributed by atoms with Gasteiger partial charge in [-0.05, 0) is 55.3 Å². The highest BCUT2D eigenvalue weighted by Crippen LogP contribution is 2.29. The first-order chi connectivity index (χ1) is 13.3. The van der Waals surface area contributed by atoms with Gasteiger partial charge in [-0.15, -0.1) is 0 Å². The fourth-order valence-corrected chi connectivity index (χ4v) is 2.61. The predicted octanol–water partition coefficient (Wildman–Crippen LogP) is 4.07. The molecule has 0 fully saturated rings. The molecule has 7 heteroatoms. The number of urea groups is 1. The number of nitrogens with two attached hydrogens (primary N) is 1. The largest absolute Gasteiger partial charge is 0.457 e. The molecule has 0 saturated carbocycles. The Morgan fingerprint density at radius 1 is 1.07 bits per heavy atom. The van der Waals surface area contributed by atoms with Crippen molar-refractivity contribution in [3.63, 3.8) is 0 Å². The van der Waals surface area contributed by atoms with Crippen LogP contribution in [0.1, 0.15) is 37.0 Å². The first-order valence-corrected chi connectivity index (χ1v) is 9.30. The second kappa shape index (κ2) is 9.64. The molecule has 4 N–H and O–H groups in total. The number of rotatable bonds is 7. The number of anilines is 2. The minimum absolute atomic E-state index is 0.107. The summed E-state index contributed by atoms with van der Waals surface area (Å²) in [5, 5.41) is 5.69. The molecule has 2 aromatic carbocycles. The van der Waals surface area contributed by atoms with Gasteiger partial charge in [-0.3, -0.25) is 4.79 Å². The van der Waals surface area contributed by atoms with Gasteiger partial charge in [0.2, 0.25) is 0 Å². The van der Waals surface area contributed by atoms with Crippen LogP contribution in [0.15, 0.2) is 42.5 Å². The maximum atomic E-state index is 12.6. The van der Waals surface area contributed by atoms with E-state index in [1.54, 1.807) is 56.6 Å². The number of hydrogen-bond donors (Lipinski definition) is 3. The van der Waals surface area contributed by atoms with Crippen molar-refractivity contribution in [1.29, 1.82) is 0 Å². The van der Waals surface area contributed by atoms with Crippen LogP contribution in [0.5, 0.6) is 11.5 Å². The molecule has 0 radical (unpaired) electrons. The molecule has 0 unspecified atom stereocenters. The summed E-state index contributed by atoms with van der Waals surface area (Å²) in [4.78, 5) is 26.3. The van der Waals surface area contributed by atoms with E-state index in [0.29, 0.717) is 28.4 Å². The average molecular weight is 384 g/mol. The molecule has 3 amide bonds. The topological polar surface area (TPSA) is 96.7 Å². The number of hydrogen-bond acceptors (Lipinski definition) is 4. The van der Waals surface area contributed by atoms with Crippen molar-refractivity contribution in [3.05, 3.63) is 48.0 Å². The molecule has 0 bridgehead atoms. The molecule has 28 heavy (non-hydrogen) atoms. The maximum Gasteiger partial charge on any atom is 0.319 e. The number of carbonyl (C=O) groups is 2. The molecule has 0 heterocycles. The number of nitrogen functional groups attached to an aromatic ring is 1. The van der Waals surface area contributed by atoms with E-state index in [0.717, 1.165) is 12.8 Å². The van der Waals surface area contributed by atoms with Gasteiger partial charge in [0.15, 0.2) is 0 Å². The van der Waals surface area contributed by atoms with Crippen LogP contribution in [0.4, 0.5) is 16.2 Å². The number of nitrogens with one attached hydrogen (secondary N) is 2. The molecule has 0 aliphatic carbocycles. The smallest absolute Gasteiger partial charge is 0.319 e. The highest BCUT2D eigenvalue weighted by Gasteiger charge is 2.17. The molecular weight excluding hydrogens is 356 g/mol. The molecular formula is C21H28N4O3. The molecule has 0 spiro atoms. The lowest BCUT2D eigenvalue weighted by molar-refractivity contribution is 0.0825. The van der Waals surface area contributed by atoms with Crippen molar-refractivity contribution in [1.82, 2.24) is 10.2 Å². The standard InChI is InChI=1S/C21H28N4O3/c1-5-15(6-2)23-21(27)24-16-9-12-19(18(13-16)20(26)25(3)4)28-17-10-7-14(22)8-11-17/h7-13,15H,5-6,22H2,1-4H3,(H2,23,24,27). The van der Waals surface area contributed by atoms with E-state index in [9.17, 15) is 9.59 Å². The molecule has 0 aliphatic heterocycles. The lowest BCUT2D eigenvalue weighted by atomic mass is 10.1. The summed E-state index contributed by atoms with van der Waals surface area (Å²) in [5.41, 5.74) is 7.18. The number of benzene rings is 2. The molecule has 0 atom stereocenters. The van der Waals surface area contributed by atoms with Crippen molar-refractivity contribution >= 4 is 23.3 Å². The maximum absolute atomic E-state index is 12.6. The van der Waals surface area contributed by atoms with E-state index in [4.69, 9.17) is 10.5 Å². The van der Waals surface area contributed by atoms with E-state index < -0.39 is 0 Å². The van der Waals surface area contributed by atoms with Gasteiger partial charge < -0.3 is 26.0 Å². The summed E-state index contributed by atoms with van der Waals surface area (Å²) in [7, 11) is 3.32. The predicted molar refractivity (Wildman–Crippen MR) is 112 cm³/mol. The SMILES string of the molecule is CCC(CC)NC(=O)Nc1ccc(Oc2ccc(N)cc2)c(C(=O)N(C)C)c1. The van der Waals surface area contributed by atoms with Crippen LogP contribution < -0.4 is 21.1 Å². The van der Waals surface area contributed by atoms with Gasteiger partial charge >= 0.3 is 6.03 Å². The minimum Gasteiger partial charge on any atom is -0.457 e. The Hall–Kier alpha value is -3.22. The van der Waals surface area contributed by atoms with Crippen LogP contribution in [0, 0.1) is 0 Å². The van der Waals surface area contributed by atoms with E-state index >= 15 is 0 Å². The van der Waals surface area contributed by atoms with Gasteiger partial charge in [0, 0.05) is 31.5 Å². The Balaban J connectivity index is 2.25. The van der Waals surface area contributed by atoms with Crippen molar-refractivity contribution in [2.75, 3.05) is 25.1 Å². The molecule has 0 aromatic heterocycles. The Morgan fingerprint density at radius 3 is 2.29 bits per heavy atom. The summed E-state index contributed by atoms with van der Waals surface area (Å²) in [5.74, 6) is 0.734. The zero-order valence-electron chi connectivity index (χ0n) is 16.8.